The molecule has 0 unspecified atom stereocenters. The van der Waals surface area contributed by atoms with Crippen LogP contribution in [0.3, 0.4) is 0 Å². The molecule has 0 aliphatic heterocycles. The van der Waals surface area contributed by atoms with Crippen molar-refractivity contribution in [1.29, 1.82) is 0 Å². The number of nitrogens with one attached hydrogen (secondary N) is 2. The quantitative estimate of drug-likeness (QED) is 0.448. The number of benzene rings is 1. The highest BCUT2D eigenvalue weighted by Crippen LogP contribution is 2.30. The van der Waals surface area contributed by atoms with Crippen LogP contribution in [0.25, 0.3) is 5.65 Å². The molecule has 0 saturated heterocycles. The molecule has 0 aliphatic rings. The second-order valence-electron chi connectivity index (χ2n) is 6.56. The van der Waals surface area contributed by atoms with Crippen molar-refractivity contribution in [3.63, 3.8) is 0 Å². The summed E-state index contributed by atoms with van der Waals surface area (Å²) >= 11 is 0. The third-order valence-corrected chi connectivity index (χ3v) is 4.25. The highest BCUT2D eigenvalue weighted by Gasteiger charge is 2.22. The van der Waals surface area contributed by atoms with Crippen LogP contribution in [0.1, 0.15) is 23.0 Å². The van der Waals surface area contributed by atoms with Crippen LogP contribution in [0.2, 0.25) is 0 Å². The summed E-state index contributed by atoms with van der Waals surface area (Å²) in [4.78, 5) is 16.6. The van der Waals surface area contributed by atoms with Crippen molar-refractivity contribution in [2.75, 3.05) is 31.5 Å². The summed E-state index contributed by atoms with van der Waals surface area (Å²) in [5.74, 6) is 1.30. The number of rotatable bonds is 8. The lowest BCUT2D eigenvalue weighted by atomic mass is 10.2. The number of nitrogens with two attached hydrogens (primary N) is 1. The normalized spacial score (nSPS) is 11.9. The Balaban J connectivity index is 2.14. The minimum atomic E-state index is -0.670. The van der Waals surface area contributed by atoms with E-state index in [1.807, 2.05) is 6.92 Å². The van der Waals surface area contributed by atoms with Crippen LogP contribution in [0.4, 0.5) is 17.3 Å². The van der Waals surface area contributed by atoms with Crippen LogP contribution >= 0.6 is 0 Å². The van der Waals surface area contributed by atoms with Gasteiger partial charge in [0.15, 0.2) is 11.5 Å². The first-order valence-electron chi connectivity index (χ1n) is 8.94. The average Bonchev–Trinajstić information content (AvgIpc) is 3.05. The Labute approximate surface area is 167 Å². The number of primary amides is 1. The van der Waals surface area contributed by atoms with E-state index in [1.54, 1.807) is 45.4 Å². The third-order valence-electron chi connectivity index (χ3n) is 4.25. The lowest BCUT2D eigenvalue weighted by molar-refractivity contribution is 0.100. The number of hydrogen-bond acceptors (Lipinski definition) is 8. The van der Waals surface area contributed by atoms with Gasteiger partial charge in [0.05, 0.1) is 20.8 Å². The first kappa shape index (κ1) is 20.2. The maximum Gasteiger partial charge on any atom is 0.256 e. The summed E-state index contributed by atoms with van der Waals surface area (Å²) in [7, 11) is 3.09. The molecule has 2 aromatic heterocycles. The summed E-state index contributed by atoms with van der Waals surface area (Å²) in [6.07, 6.45) is 0. The number of aromatic nitrogens is 3. The molecule has 10 nitrogen and oxygen atoms in total. The number of ether oxygens (including phenoxy) is 2. The van der Waals surface area contributed by atoms with Crippen molar-refractivity contribution in [3.8, 4) is 11.5 Å². The highest BCUT2D eigenvalue weighted by atomic mass is 16.5. The minimum absolute atomic E-state index is 0.0679. The number of carbonyl (C=O) groups is 1. The standard InChI is InChI=1S/C19H24N6O4/c1-10-5-15(21-11(2)9-26)25-19(22-10)16(17(20)27)18(24-25)23-12-6-13(28-3)8-14(7-12)29-4/h5-8,11,21,26H,9H2,1-4H3,(H2,20,27)(H,23,24)/t11-/m0/s1. The van der Waals surface area contributed by atoms with Crippen molar-refractivity contribution in [2.45, 2.75) is 19.9 Å². The van der Waals surface area contributed by atoms with Crippen LogP contribution < -0.4 is 25.8 Å². The van der Waals surface area contributed by atoms with E-state index < -0.39 is 5.91 Å². The number of aryl methyl sites for hydroxylation is 1. The maximum atomic E-state index is 12.2. The fourth-order valence-electron chi connectivity index (χ4n) is 2.87. The van der Waals surface area contributed by atoms with Crippen molar-refractivity contribution >= 4 is 28.9 Å². The zero-order valence-corrected chi connectivity index (χ0v) is 16.7. The third kappa shape index (κ3) is 4.16. The van der Waals surface area contributed by atoms with Gasteiger partial charge in [-0.1, -0.05) is 0 Å². The number of anilines is 3. The molecule has 29 heavy (non-hydrogen) atoms. The van der Waals surface area contributed by atoms with E-state index in [4.69, 9.17) is 15.2 Å². The van der Waals surface area contributed by atoms with Crippen molar-refractivity contribution in [2.24, 2.45) is 5.73 Å². The van der Waals surface area contributed by atoms with Gasteiger partial charge in [-0.2, -0.15) is 4.52 Å². The molecular formula is C19H24N6O4. The lowest BCUT2D eigenvalue weighted by Crippen LogP contribution is -2.21. The Morgan fingerprint density at radius 1 is 1.24 bits per heavy atom. The van der Waals surface area contributed by atoms with Gasteiger partial charge in [-0.25, -0.2) is 4.98 Å². The molecule has 10 heteroatoms. The van der Waals surface area contributed by atoms with Gasteiger partial charge in [0.2, 0.25) is 0 Å². The Morgan fingerprint density at radius 2 is 1.90 bits per heavy atom. The fourth-order valence-corrected chi connectivity index (χ4v) is 2.87. The molecule has 2 heterocycles. The smallest absolute Gasteiger partial charge is 0.256 e. The molecule has 0 fully saturated rings. The number of methoxy groups -OCH3 is 2. The summed E-state index contributed by atoms with van der Waals surface area (Å²) in [5, 5.41) is 20.1. The first-order chi connectivity index (χ1) is 13.9. The molecule has 154 valence electrons. The zero-order valence-electron chi connectivity index (χ0n) is 16.7. The van der Waals surface area contributed by atoms with Gasteiger partial charge >= 0.3 is 0 Å². The second kappa shape index (κ2) is 8.23. The average molecular weight is 400 g/mol. The minimum Gasteiger partial charge on any atom is -0.497 e. The van der Waals surface area contributed by atoms with E-state index in [1.165, 1.54) is 4.52 Å². The summed E-state index contributed by atoms with van der Waals surface area (Å²) < 4.78 is 12.0. The van der Waals surface area contributed by atoms with E-state index in [-0.39, 0.29) is 24.0 Å². The second-order valence-corrected chi connectivity index (χ2v) is 6.56. The van der Waals surface area contributed by atoms with Crippen molar-refractivity contribution in [1.82, 2.24) is 14.6 Å². The van der Waals surface area contributed by atoms with E-state index in [0.29, 0.717) is 34.3 Å². The zero-order chi connectivity index (χ0) is 21.1. The molecule has 1 aromatic carbocycles. The molecule has 1 amide bonds. The van der Waals surface area contributed by atoms with E-state index in [9.17, 15) is 9.90 Å². The Bertz CT molecular complexity index is 1030. The Hall–Kier alpha value is -3.53. The first-order valence-corrected chi connectivity index (χ1v) is 8.94. The lowest BCUT2D eigenvalue weighted by Gasteiger charge is -2.13. The molecule has 0 spiro atoms. The number of fused-ring (bicyclic) bond motifs is 1. The van der Waals surface area contributed by atoms with Crippen molar-refractivity contribution < 1.29 is 19.4 Å². The van der Waals surface area contributed by atoms with E-state index in [2.05, 4.69) is 20.7 Å². The van der Waals surface area contributed by atoms with Gasteiger partial charge in [-0.15, -0.1) is 5.10 Å². The number of aliphatic hydroxyl groups excluding tert-OH is 1. The van der Waals surface area contributed by atoms with E-state index in [0.717, 1.165) is 0 Å². The van der Waals surface area contributed by atoms with Gasteiger partial charge in [-0.3, -0.25) is 4.79 Å². The molecule has 5 N–H and O–H groups in total. The maximum absolute atomic E-state index is 12.2. The molecule has 0 aliphatic carbocycles. The summed E-state index contributed by atoms with van der Waals surface area (Å²) in [5.41, 5.74) is 7.36. The van der Waals surface area contributed by atoms with Crippen LogP contribution in [0.15, 0.2) is 24.3 Å². The van der Waals surface area contributed by atoms with Crippen LogP contribution in [-0.2, 0) is 0 Å². The van der Waals surface area contributed by atoms with Gasteiger partial charge in [-0.05, 0) is 13.8 Å². The highest BCUT2D eigenvalue weighted by molar-refractivity contribution is 6.04. The van der Waals surface area contributed by atoms with Crippen LogP contribution in [0, 0.1) is 6.92 Å². The molecule has 3 rings (SSSR count). The molecular weight excluding hydrogens is 376 g/mol. The van der Waals surface area contributed by atoms with Crippen LogP contribution in [-0.4, -0.2) is 52.5 Å². The van der Waals surface area contributed by atoms with Gasteiger partial charge in [0.1, 0.15) is 22.9 Å². The SMILES string of the molecule is COc1cc(Nc2nn3c(N[C@@H](C)CO)cc(C)nc3c2C(N)=O)cc(OC)c1. The van der Waals surface area contributed by atoms with Crippen molar-refractivity contribution in [3.05, 3.63) is 35.5 Å². The molecule has 3 aromatic rings. The number of hydrogen-bond donors (Lipinski definition) is 4. The van der Waals surface area contributed by atoms with Gasteiger partial charge in [0.25, 0.3) is 5.91 Å². The Kier molecular flexibility index (Phi) is 5.74. The predicted octanol–water partition coefficient (Wildman–Crippen LogP) is 1.69. The number of aliphatic hydroxyl groups is 1. The fraction of sp³-hybridized carbons (Fsp3) is 0.316. The number of nitrogens with zero attached hydrogens (tertiary/aromatic N) is 3. The molecule has 1 atom stereocenters. The topological polar surface area (TPSA) is 136 Å². The van der Waals surface area contributed by atoms with Gasteiger partial charge < -0.3 is 30.9 Å². The summed E-state index contributed by atoms with van der Waals surface area (Å²) in [6, 6.07) is 6.76. The molecule has 0 radical (unpaired) electrons. The largest absolute Gasteiger partial charge is 0.497 e. The monoisotopic (exact) mass is 400 g/mol. The number of carbonyl (C=O) groups excluding carboxylic acids is 1. The van der Waals surface area contributed by atoms with E-state index >= 15 is 0 Å². The van der Waals surface area contributed by atoms with Gasteiger partial charge in [0, 0.05) is 41.7 Å². The molecule has 0 saturated carbocycles. The predicted molar refractivity (Wildman–Crippen MR) is 109 cm³/mol. The summed E-state index contributed by atoms with van der Waals surface area (Å²) in [6.45, 7) is 3.55. The Morgan fingerprint density at radius 3 is 2.45 bits per heavy atom. The number of amides is 1. The van der Waals surface area contributed by atoms with Crippen LogP contribution in [0.5, 0.6) is 11.5 Å². The molecule has 0 bridgehead atoms.